The summed E-state index contributed by atoms with van der Waals surface area (Å²) in [6.45, 7) is 1.32. The van der Waals surface area contributed by atoms with E-state index in [0.717, 1.165) is 12.1 Å². The van der Waals surface area contributed by atoms with E-state index < -0.39 is 46.1 Å². The highest BCUT2D eigenvalue weighted by Gasteiger charge is 2.26. The summed E-state index contributed by atoms with van der Waals surface area (Å²) < 4.78 is 59.8. The molecule has 218 valence electrons. The van der Waals surface area contributed by atoms with Gasteiger partial charge in [0.15, 0.2) is 6.61 Å². The third-order valence-electron chi connectivity index (χ3n) is 6.20. The van der Waals surface area contributed by atoms with E-state index in [1.54, 1.807) is 31.3 Å². The van der Waals surface area contributed by atoms with E-state index in [1.165, 1.54) is 65.6 Å². The van der Waals surface area contributed by atoms with Crippen molar-refractivity contribution in [2.75, 3.05) is 11.3 Å². The summed E-state index contributed by atoms with van der Waals surface area (Å²) in [7, 11) is -3.95. The number of hydrogen-bond donors (Lipinski definition) is 2. The van der Waals surface area contributed by atoms with Crippen molar-refractivity contribution < 1.29 is 31.5 Å². The van der Waals surface area contributed by atoms with Crippen molar-refractivity contribution in [3.63, 3.8) is 0 Å². The molecule has 1 aromatic heterocycles. The van der Waals surface area contributed by atoms with Crippen molar-refractivity contribution in [3.8, 4) is 5.75 Å². The van der Waals surface area contributed by atoms with Gasteiger partial charge in [0.25, 0.3) is 15.9 Å². The minimum atomic E-state index is -3.95. The maximum absolute atomic E-state index is 13.4. The molecule has 0 aliphatic rings. The standard InChI is InChI=1S/C30H28F2N4O5S/c1-21(30(38)34-18-26-4-2-3-17-33-26)36(19-22-5-7-23(31)8-6-22)29(37)20-41-27-13-15-28(16-14-27)42(39,40)35-25-11-9-24(32)10-12-25/h2-17,21,35H,18-20H2,1H3,(H,34,38)/t21-/m1/s1. The molecule has 0 unspecified atom stereocenters. The topological polar surface area (TPSA) is 118 Å². The Morgan fingerprint density at radius 2 is 1.55 bits per heavy atom. The third kappa shape index (κ3) is 8.33. The Labute approximate surface area is 242 Å². The van der Waals surface area contributed by atoms with E-state index >= 15 is 0 Å². The second kappa shape index (κ2) is 13.7. The van der Waals surface area contributed by atoms with E-state index in [-0.39, 0.29) is 29.4 Å². The average Bonchev–Trinajstić information content (AvgIpc) is 3.00. The molecule has 0 saturated carbocycles. The van der Waals surface area contributed by atoms with E-state index in [2.05, 4.69) is 15.0 Å². The van der Waals surface area contributed by atoms with E-state index in [4.69, 9.17) is 4.74 Å². The fraction of sp³-hybridized carbons (Fsp3) is 0.167. The van der Waals surface area contributed by atoms with Gasteiger partial charge < -0.3 is 15.0 Å². The highest BCUT2D eigenvalue weighted by molar-refractivity contribution is 7.92. The largest absolute Gasteiger partial charge is 0.484 e. The third-order valence-corrected chi connectivity index (χ3v) is 7.59. The van der Waals surface area contributed by atoms with Crippen LogP contribution >= 0.6 is 0 Å². The molecule has 3 aromatic carbocycles. The van der Waals surface area contributed by atoms with Crippen molar-refractivity contribution >= 4 is 27.5 Å². The number of pyridine rings is 1. The van der Waals surface area contributed by atoms with Crippen molar-refractivity contribution in [1.82, 2.24) is 15.2 Å². The van der Waals surface area contributed by atoms with Crippen molar-refractivity contribution in [2.24, 2.45) is 0 Å². The number of anilines is 1. The summed E-state index contributed by atoms with van der Waals surface area (Å²) in [5.74, 6) is -1.64. The van der Waals surface area contributed by atoms with E-state index in [0.29, 0.717) is 11.3 Å². The summed E-state index contributed by atoms with van der Waals surface area (Å²) in [4.78, 5) is 31.6. The number of carbonyl (C=O) groups is 2. The number of nitrogens with one attached hydrogen (secondary N) is 2. The Kier molecular flexibility index (Phi) is 9.81. The molecule has 12 heteroatoms. The first-order valence-electron chi connectivity index (χ1n) is 12.8. The second-order valence-corrected chi connectivity index (χ2v) is 10.9. The van der Waals surface area contributed by atoms with Gasteiger partial charge in [-0.05, 0) is 85.3 Å². The van der Waals surface area contributed by atoms with Gasteiger partial charge in [-0.3, -0.25) is 19.3 Å². The van der Waals surface area contributed by atoms with Crippen LogP contribution in [0.2, 0.25) is 0 Å². The fourth-order valence-corrected chi connectivity index (χ4v) is 4.93. The molecular weight excluding hydrogens is 566 g/mol. The highest BCUT2D eigenvalue weighted by atomic mass is 32.2. The zero-order chi connectivity index (χ0) is 30.1. The minimum absolute atomic E-state index is 0.0207. The minimum Gasteiger partial charge on any atom is -0.484 e. The van der Waals surface area contributed by atoms with E-state index in [9.17, 15) is 26.8 Å². The predicted molar refractivity (Wildman–Crippen MR) is 152 cm³/mol. The second-order valence-electron chi connectivity index (χ2n) is 9.24. The monoisotopic (exact) mass is 594 g/mol. The maximum Gasteiger partial charge on any atom is 0.261 e. The van der Waals surface area contributed by atoms with Crippen LogP contribution in [0.4, 0.5) is 14.5 Å². The SMILES string of the molecule is C[C@H](C(=O)NCc1ccccn1)N(Cc1ccc(F)cc1)C(=O)COc1ccc(S(=O)(=O)Nc2ccc(F)cc2)cc1. The van der Waals surface area contributed by atoms with Crippen LogP contribution in [0.5, 0.6) is 5.75 Å². The first-order chi connectivity index (χ1) is 20.1. The quantitative estimate of drug-likeness (QED) is 0.253. The molecule has 1 atom stereocenters. The van der Waals surface area contributed by atoms with Crippen LogP contribution in [0.15, 0.2) is 102 Å². The molecule has 0 bridgehead atoms. The van der Waals surface area contributed by atoms with Gasteiger partial charge in [0.05, 0.1) is 17.1 Å². The fourth-order valence-electron chi connectivity index (χ4n) is 3.87. The molecule has 0 saturated heterocycles. The molecule has 0 aliphatic carbocycles. The number of rotatable bonds is 12. The Morgan fingerprint density at radius 1 is 0.905 bits per heavy atom. The molecule has 9 nitrogen and oxygen atoms in total. The molecule has 4 rings (SSSR count). The summed E-state index contributed by atoms with van der Waals surface area (Å²) in [6, 6.07) is 20.2. The van der Waals surface area contributed by atoms with Gasteiger partial charge in [0.2, 0.25) is 5.91 Å². The lowest BCUT2D eigenvalue weighted by molar-refractivity contribution is -0.142. The zero-order valence-corrected chi connectivity index (χ0v) is 23.4. The molecule has 1 heterocycles. The van der Waals surface area contributed by atoms with Crippen molar-refractivity contribution in [3.05, 3.63) is 120 Å². The zero-order valence-electron chi connectivity index (χ0n) is 22.5. The van der Waals surface area contributed by atoms with Crippen molar-refractivity contribution in [2.45, 2.75) is 31.0 Å². The highest BCUT2D eigenvalue weighted by Crippen LogP contribution is 2.20. The number of ether oxygens (including phenoxy) is 1. The van der Waals surface area contributed by atoms with E-state index in [1.807, 2.05) is 0 Å². The Bertz CT molecular complexity index is 1600. The number of sulfonamides is 1. The normalized spacial score (nSPS) is 11.8. The molecule has 42 heavy (non-hydrogen) atoms. The van der Waals surface area contributed by atoms with Crippen LogP contribution < -0.4 is 14.8 Å². The van der Waals surface area contributed by atoms with Crippen LogP contribution in [0, 0.1) is 11.6 Å². The summed E-state index contributed by atoms with van der Waals surface area (Å²) >= 11 is 0. The van der Waals surface area contributed by atoms with Crippen LogP contribution in [0.1, 0.15) is 18.2 Å². The van der Waals surface area contributed by atoms with Crippen LogP contribution in [0.25, 0.3) is 0 Å². The number of carbonyl (C=O) groups excluding carboxylic acids is 2. The molecule has 2 amide bonds. The number of nitrogens with zero attached hydrogens (tertiary/aromatic N) is 2. The molecule has 0 fully saturated rings. The van der Waals surface area contributed by atoms with Crippen LogP contribution in [-0.2, 0) is 32.7 Å². The van der Waals surface area contributed by atoms with Gasteiger partial charge in [-0.2, -0.15) is 0 Å². The van der Waals surface area contributed by atoms with Gasteiger partial charge in [0.1, 0.15) is 23.4 Å². The lowest BCUT2D eigenvalue weighted by Crippen LogP contribution is -2.48. The van der Waals surface area contributed by atoms with Gasteiger partial charge in [0, 0.05) is 18.4 Å². The Morgan fingerprint density at radius 3 is 2.17 bits per heavy atom. The van der Waals surface area contributed by atoms with Gasteiger partial charge in [-0.25, -0.2) is 17.2 Å². The molecular formula is C30H28F2N4O5S. The first kappa shape index (κ1) is 30.1. The van der Waals surface area contributed by atoms with Crippen LogP contribution in [0.3, 0.4) is 0 Å². The Hall–Kier alpha value is -4.84. The number of hydrogen-bond acceptors (Lipinski definition) is 6. The number of amides is 2. The van der Waals surface area contributed by atoms with Gasteiger partial charge in [-0.15, -0.1) is 0 Å². The van der Waals surface area contributed by atoms with Crippen molar-refractivity contribution in [1.29, 1.82) is 0 Å². The Balaban J connectivity index is 1.41. The van der Waals surface area contributed by atoms with Gasteiger partial charge >= 0.3 is 0 Å². The summed E-state index contributed by atoms with van der Waals surface area (Å²) in [5, 5.41) is 2.77. The summed E-state index contributed by atoms with van der Waals surface area (Å²) in [6.07, 6.45) is 1.61. The predicted octanol–water partition coefficient (Wildman–Crippen LogP) is 4.27. The number of aromatic nitrogens is 1. The molecule has 0 spiro atoms. The smallest absolute Gasteiger partial charge is 0.261 e. The molecule has 0 radical (unpaired) electrons. The number of halogens is 2. The lowest BCUT2D eigenvalue weighted by Gasteiger charge is -2.28. The number of benzene rings is 3. The molecule has 2 N–H and O–H groups in total. The summed E-state index contributed by atoms with van der Waals surface area (Å²) in [5.41, 5.74) is 1.45. The molecule has 4 aromatic rings. The van der Waals surface area contributed by atoms with Crippen LogP contribution in [-0.4, -0.2) is 42.8 Å². The lowest BCUT2D eigenvalue weighted by atomic mass is 10.1. The first-order valence-corrected chi connectivity index (χ1v) is 14.3. The van der Waals surface area contributed by atoms with Gasteiger partial charge in [-0.1, -0.05) is 18.2 Å². The maximum atomic E-state index is 13.4. The molecule has 0 aliphatic heterocycles. The average molecular weight is 595 g/mol.